The van der Waals surface area contributed by atoms with Crippen molar-refractivity contribution in [1.29, 1.82) is 0 Å². The highest BCUT2D eigenvalue weighted by atomic mass is 35.5. The van der Waals surface area contributed by atoms with Crippen LogP contribution in [0, 0.1) is 17.8 Å². The van der Waals surface area contributed by atoms with Gasteiger partial charge in [-0.05, 0) is 107 Å². The Hall–Kier alpha value is -6.53. The topological polar surface area (TPSA) is 259 Å². The maximum atomic E-state index is 15.1. The third-order valence-corrected chi connectivity index (χ3v) is 19.7. The summed E-state index contributed by atoms with van der Waals surface area (Å²) in [5, 5.41) is 11.0. The van der Waals surface area contributed by atoms with Crippen LogP contribution >= 0.6 is 11.6 Å². The van der Waals surface area contributed by atoms with Crippen molar-refractivity contribution < 1.29 is 65.9 Å². The molecule has 1 unspecified atom stereocenters. The summed E-state index contributed by atoms with van der Waals surface area (Å²) in [5.74, 6) is -7.37. The van der Waals surface area contributed by atoms with E-state index < -0.39 is 155 Å². The zero-order valence-electron chi connectivity index (χ0n) is 53.6. The molecule has 0 bridgehead atoms. The number of hydrogen-bond donors (Lipinski definition) is 4. The Morgan fingerprint density at radius 3 is 1.89 bits per heavy atom. The Morgan fingerprint density at radius 2 is 1.27 bits per heavy atom. The number of carbonyl (C=O) groups excluding carboxylic acids is 11. The second-order valence-corrected chi connectivity index (χ2v) is 26.3. The van der Waals surface area contributed by atoms with Crippen LogP contribution in [0.5, 0.6) is 0 Å². The SMILES string of the molecule is CCC(C)[C@@H]1NC(=O)[C@H](C)N(C)C(=O)C[C@@H](C)NC(=O)[C@H](C2CCCC2)N(C)C(=O)C2(CCCC2)NC(=O)[C@@H]2CCCN2C(=O)[C@H](CCc2ccc(C(F)(F)F)c(Cl)c2)NC(=O)CN(C)C(=O)[C@H](CC2CCCCC2)N(C)C(=O)CN(C)C(=O)CN(C)C1=O. The fourth-order valence-electron chi connectivity index (χ4n) is 13.4. The van der Waals surface area contributed by atoms with Crippen LogP contribution in [0.2, 0.25) is 5.02 Å². The number of amides is 11. The van der Waals surface area contributed by atoms with Gasteiger partial charge in [0.25, 0.3) is 0 Å². The van der Waals surface area contributed by atoms with Gasteiger partial charge in [0.2, 0.25) is 65.0 Å². The Balaban J connectivity index is 1.35. The summed E-state index contributed by atoms with van der Waals surface area (Å²) in [6, 6.07) is -4.45. The molecule has 11 amide bonds. The monoisotopic (exact) mass is 1270 g/mol. The van der Waals surface area contributed by atoms with E-state index >= 15 is 9.59 Å². The van der Waals surface area contributed by atoms with Crippen molar-refractivity contribution in [2.75, 3.05) is 68.5 Å². The lowest BCUT2D eigenvalue weighted by Crippen LogP contribution is -2.64. The van der Waals surface area contributed by atoms with Crippen molar-refractivity contribution in [1.82, 2.24) is 55.6 Å². The van der Waals surface area contributed by atoms with E-state index in [0.29, 0.717) is 44.1 Å². The van der Waals surface area contributed by atoms with Crippen molar-refractivity contribution in [2.24, 2.45) is 17.8 Å². The Morgan fingerprint density at radius 1 is 0.652 bits per heavy atom. The normalized spacial score (nSPS) is 27.5. The average Bonchev–Trinajstić information content (AvgIpc) is 2.96. The molecule has 2 saturated heterocycles. The largest absolute Gasteiger partial charge is 0.417 e. The van der Waals surface area contributed by atoms with Crippen molar-refractivity contribution in [3.05, 3.63) is 34.3 Å². The summed E-state index contributed by atoms with van der Waals surface area (Å²) in [5.41, 5.74) is -2.22. The van der Waals surface area contributed by atoms with Gasteiger partial charge < -0.3 is 55.6 Å². The van der Waals surface area contributed by atoms with E-state index in [-0.39, 0.29) is 63.3 Å². The number of fused-ring (bicyclic) bond motifs is 1. The number of carbonyl (C=O) groups is 11. The van der Waals surface area contributed by atoms with Gasteiger partial charge in [0, 0.05) is 61.3 Å². The molecule has 5 aliphatic rings. The van der Waals surface area contributed by atoms with Gasteiger partial charge in [0.05, 0.1) is 30.2 Å². The van der Waals surface area contributed by atoms with E-state index in [9.17, 15) is 56.3 Å². The van der Waals surface area contributed by atoms with Gasteiger partial charge in [-0.25, -0.2) is 0 Å². The second kappa shape index (κ2) is 31.5. The van der Waals surface area contributed by atoms with Gasteiger partial charge in [-0.3, -0.25) is 52.7 Å². The van der Waals surface area contributed by atoms with Crippen LogP contribution in [0.25, 0.3) is 0 Å². The predicted octanol–water partition coefficient (Wildman–Crippen LogP) is 4.67. The minimum absolute atomic E-state index is 0.0378. The van der Waals surface area contributed by atoms with Gasteiger partial charge in [0.1, 0.15) is 41.8 Å². The number of benzene rings is 1. The molecule has 1 aromatic carbocycles. The number of alkyl halides is 3. The molecule has 89 heavy (non-hydrogen) atoms. The van der Waals surface area contributed by atoms with E-state index in [2.05, 4.69) is 21.3 Å². The highest BCUT2D eigenvalue weighted by Gasteiger charge is 2.50. The molecule has 0 radical (unpaired) electrons. The maximum Gasteiger partial charge on any atom is 0.417 e. The molecular formula is C63H95ClF3N11O11. The summed E-state index contributed by atoms with van der Waals surface area (Å²) in [6.07, 6.45) is 4.89. The van der Waals surface area contributed by atoms with Crippen LogP contribution in [-0.4, -0.2) is 216 Å². The number of rotatable bonds is 8. The first-order chi connectivity index (χ1) is 41.9. The molecule has 1 spiro atoms. The molecule has 8 atom stereocenters. The van der Waals surface area contributed by atoms with Gasteiger partial charge >= 0.3 is 6.18 Å². The minimum Gasteiger partial charge on any atom is -0.351 e. The molecule has 3 saturated carbocycles. The average molecular weight is 1270 g/mol. The van der Waals surface area contributed by atoms with E-state index in [1.54, 1.807) is 13.8 Å². The molecule has 22 nitrogen and oxygen atoms in total. The molecule has 3 aliphatic carbocycles. The van der Waals surface area contributed by atoms with Crippen LogP contribution in [-0.2, 0) is 65.3 Å². The lowest BCUT2D eigenvalue weighted by Gasteiger charge is -2.40. The second-order valence-electron chi connectivity index (χ2n) is 25.9. The van der Waals surface area contributed by atoms with Crippen LogP contribution < -0.4 is 21.3 Å². The van der Waals surface area contributed by atoms with Crippen molar-refractivity contribution in [3.8, 4) is 0 Å². The van der Waals surface area contributed by atoms with E-state index in [1.165, 1.54) is 74.9 Å². The van der Waals surface area contributed by atoms with Gasteiger partial charge in [0.15, 0.2) is 0 Å². The number of likely N-dealkylation sites (N-methyl/N-ethyl adjacent to an activating group) is 6. The fraction of sp³-hybridized carbons (Fsp3) is 0.730. The van der Waals surface area contributed by atoms with E-state index in [1.807, 2.05) is 6.92 Å². The smallest absolute Gasteiger partial charge is 0.351 e. The highest BCUT2D eigenvalue weighted by molar-refractivity contribution is 6.31. The van der Waals surface area contributed by atoms with Crippen LogP contribution in [0.4, 0.5) is 13.2 Å². The minimum atomic E-state index is -4.74. The summed E-state index contributed by atoms with van der Waals surface area (Å²) in [7, 11) is 8.56. The molecule has 2 aliphatic heterocycles. The number of nitrogens with zero attached hydrogens (tertiary/aromatic N) is 7. The maximum absolute atomic E-state index is 15.1. The highest BCUT2D eigenvalue weighted by Crippen LogP contribution is 2.38. The zero-order chi connectivity index (χ0) is 65.8. The van der Waals surface area contributed by atoms with Crippen molar-refractivity contribution in [3.63, 3.8) is 0 Å². The quantitative estimate of drug-likeness (QED) is 0.278. The first-order valence-corrected chi connectivity index (χ1v) is 32.2. The fourth-order valence-corrected chi connectivity index (χ4v) is 13.8. The molecule has 4 N–H and O–H groups in total. The molecule has 496 valence electrons. The molecule has 26 heteroatoms. The molecule has 2 heterocycles. The first kappa shape index (κ1) is 71.5. The standard InChI is InChI=1S/C63H95ClF3N11O11/c1-11-38(2)53-60(88)74(7)36-51(81)72(5)37-52(82)76(9)48(34-41-20-13-12-14-21-41)59(87)73(6)35-49(79)69-46(28-26-42-25-27-44(45(64)33-42)63(65,66)67)58(86)78-31-19-24-47(78)56(84)71-62(29-17-18-30-62)61(89)77(10)54(43-22-15-16-23-43)57(85)68-39(3)32-50(80)75(8)40(4)55(83)70-53/h25,27,33,38-41,43,46-48,53-54H,11-24,26,28-32,34-37H2,1-10H3,(H,68,85)(H,69,79)(H,70,83)(H,71,84)/t38?,39-,40+,46+,47+,48+,53+,54+/m1/s1. The van der Waals surface area contributed by atoms with Crippen LogP contribution in [0.3, 0.4) is 0 Å². The molecular weight excluding hydrogens is 1180 g/mol. The summed E-state index contributed by atoms with van der Waals surface area (Å²) in [4.78, 5) is 167. The van der Waals surface area contributed by atoms with Gasteiger partial charge in [-0.1, -0.05) is 95.7 Å². The van der Waals surface area contributed by atoms with Crippen molar-refractivity contribution >= 4 is 76.6 Å². The molecule has 5 fully saturated rings. The number of nitrogens with one attached hydrogen (secondary N) is 4. The molecule has 6 rings (SSSR count). The molecule has 1 aromatic rings. The van der Waals surface area contributed by atoms with E-state index in [0.717, 1.165) is 71.8 Å². The number of aryl methyl sites for hydroxylation is 1. The number of halogens is 4. The Kier molecular flexibility index (Phi) is 25.3. The third kappa shape index (κ3) is 18.1. The summed E-state index contributed by atoms with van der Waals surface area (Å²) >= 11 is 6.11. The van der Waals surface area contributed by atoms with Gasteiger partial charge in [-0.15, -0.1) is 0 Å². The van der Waals surface area contributed by atoms with Crippen molar-refractivity contribution in [2.45, 2.75) is 210 Å². The lowest BCUT2D eigenvalue weighted by atomic mass is 9.84. The lowest BCUT2D eigenvalue weighted by molar-refractivity contribution is -0.150. The summed E-state index contributed by atoms with van der Waals surface area (Å²) < 4.78 is 41.3. The molecule has 0 aromatic heterocycles. The first-order valence-electron chi connectivity index (χ1n) is 31.8. The van der Waals surface area contributed by atoms with Crippen LogP contribution in [0.1, 0.15) is 161 Å². The van der Waals surface area contributed by atoms with E-state index in [4.69, 9.17) is 11.6 Å². The summed E-state index contributed by atoms with van der Waals surface area (Å²) in [6.45, 7) is 5.20. The zero-order valence-corrected chi connectivity index (χ0v) is 54.4. The predicted molar refractivity (Wildman–Crippen MR) is 326 cm³/mol. The number of hydrogen-bond acceptors (Lipinski definition) is 11. The Bertz CT molecular complexity index is 2760. The Labute approximate surface area is 526 Å². The van der Waals surface area contributed by atoms with Crippen LogP contribution in [0.15, 0.2) is 18.2 Å². The third-order valence-electron chi connectivity index (χ3n) is 19.3. The van der Waals surface area contributed by atoms with Gasteiger partial charge in [-0.2, -0.15) is 13.2 Å².